The number of Topliss-reactive ketones (excluding diaryl/α,β-unsaturated/α-hetero) is 1. The van der Waals surface area contributed by atoms with E-state index in [4.69, 9.17) is 0 Å². The van der Waals surface area contributed by atoms with Crippen LogP contribution in [0.5, 0.6) is 0 Å². The molecule has 0 amide bonds. The summed E-state index contributed by atoms with van der Waals surface area (Å²) in [5, 5.41) is 0.897. The van der Waals surface area contributed by atoms with E-state index in [-0.39, 0.29) is 17.3 Å². The van der Waals surface area contributed by atoms with E-state index in [2.05, 4.69) is 4.98 Å². The summed E-state index contributed by atoms with van der Waals surface area (Å²) in [5.74, 6) is -0.435. The second-order valence-electron chi connectivity index (χ2n) is 4.88. The minimum Gasteiger partial charge on any atom is -0.294 e. The lowest BCUT2D eigenvalue weighted by Gasteiger charge is -2.07. The van der Waals surface area contributed by atoms with Gasteiger partial charge in [0, 0.05) is 23.1 Å². The molecule has 0 aliphatic carbocycles. The molecule has 1 aliphatic heterocycles. The van der Waals surface area contributed by atoms with Crippen LogP contribution in [0.3, 0.4) is 0 Å². The second-order valence-corrected chi connectivity index (χ2v) is 7.11. The Bertz CT molecular complexity index is 752. The molecule has 1 saturated heterocycles. The van der Waals surface area contributed by atoms with Gasteiger partial charge in [0.2, 0.25) is 0 Å². The Labute approximate surface area is 111 Å². The zero-order valence-corrected chi connectivity index (χ0v) is 11.1. The Balaban J connectivity index is 1.94. The van der Waals surface area contributed by atoms with Gasteiger partial charge in [0.05, 0.1) is 17.0 Å². The third-order valence-electron chi connectivity index (χ3n) is 3.48. The third kappa shape index (κ3) is 2.38. The summed E-state index contributed by atoms with van der Waals surface area (Å²) in [5.41, 5.74) is 1.33. The fourth-order valence-electron chi connectivity index (χ4n) is 2.44. The van der Waals surface area contributed by atoms with Crippen molar-refractivity contribution in [2.75, 3.05) is 11.5 Å². The minimum absolute atomic E-state index is 0.0291. The lowest BCUT2D eigenvalue weighted by atomic mass is 9.97. The first-order valence-corrected chi connectivity index (χ1v) is 7.97. The van der Waals surface area contributed by atoms with Crippen LogP contribution in [0.2, 0.25) is 0 Å². The molecule has 0 radical (unpaired) electrons. The van der Waals surface area contributed by atoms with Crippen molar-refractivity contribution in [1.82, 2.24) is 4.98 Å². The summed E-state index contributed by atoms with van der Waals surface area (Å²) in [7, 11) is -3.03. The van der Waals surface area contributed by atoms with E-state index in [9.17, 15) is 13.2 Å². The number of carbonyl (C=O) groups excluding carboxylic acids is 1. The van der Waals surface area contributed by atoms with Crippen LogP contribution in [-0.2, 0) is 9.84 Å². The Morgan fingerprint density at radius 3 is 2.79 bits per heavy atom. The lowest BCUT2D eigenvalue weighted by Crippen LogP contribution is -2.16. The highest BCUT2D eigenvalue weighted by atomic mass is 32.2. The molecule has 0 saturated carbocycles. The molecule has 2 heterocycles. The van der Waals surface area contributed by atoms with Crippen molar-refractivity contribution in [3.63, 3.8) is 0 Å². The fraction of sp³-hybridized carbons (Fsp3) is 0.286. The number of rotatable bonds is 2. The van der Waals surface area contributed by atoms with Crippen molar-refractivity contribution >= 4 is 26.5 Å². The second kappa shape index (κ2) is 4.42. The average molecular weight is 275 g/mol. The summed E-state index contributed by atoms with van der Waals surface area (Å²) in [6, 6.07) is 9.34. The standard InChI is InChI=1S/C14H13NO3S/c16-14(11-5-6-19(17,18)9-11)12-7-10-3-1-2-4-13(10)15-8-12/h1-4,7-8,11H,5-6,9H2. The molecule has 0 N–H and O–H groups in total. The van der Waals surface area contributed by atoms with Crippen LogP contribution in [-0.4, -0.2) is 30.7 Å². The SMILES string of the molecule is O=C(c1cnc2ccccc2c1)C1CCS(=O)(=O)C1. The number of sulfone groups is 1. The van der Waals surface area contributed by atoms with Gasteiger partial charge in [-0.05, 0) is 18.6 Å². The first-order chi connectivity index (χ1) is 9.05. The predicted octanol–water partition coefficient (Wildman–Crippen LogP) is 1.85. The molecule has 1 aliphatic rings. The van der Waals surface area contributed by atoms with E-state index in [0.717, 1.165) is 10.9 Å². The number of para-hydroxylation sites is 1. The van der Waals surface area contributed by atoms with Crippen LogP contribution in [0.4, 0.5) is 0 Å². The zero-order valence-electron chi connectivity index (χ0n) is 10.2. The topological polar surface area (TPSA) is 64.1 Å². The number of hydrogen-bond acceptors (Lipinski definition) is 4. The number of hydrogen-bond donors (Lipinski definition) is 0. The molecule has 1 fully saturated rings. The summed E-state index contributed by atoms with van der Waals surface area (Å²) in [6.07, 6.45) is 1.96. The van der Waals surface area contributed by atoms with Gasteiger partial charge in [-0.15, -0.1) is 0 Å². The van der Waals surface area contributed by atoms with Gasteiger partial charge < -0.3 is 0 Å². The van der Waals surface area contributed by atoms with Gasteiger partial charge in [-0.1, -0.05) is 18.2 Å². The van der Waals surface area contributed by atoms with Gasteiger partial charge in [-0.25, -0.2) is 8.42 Å². The minimum atomic E-state index is -3.03. The van der Waals surface area contributed by atoms with E-state index in [1.54, 1.807) is 6.07 Å². The van der Waals surface area contributed by atoms with Gasteiger partial charge in [-0.3, -0.25) is 9.78 Å². The highest BCUT2D eigenvalue weighted by Crippen LogP contribution is 2.23. The molecule has 5 heteroatoms. The normalized spacial score (nSPS) is 21.6. The molecule has 19 heavy (non-hydrogen) atoms. The van der Waals surface area contributed by atoms with Crippen molar-refractivity contribution < 1.29 is 13.2 Å². The van der Waals surface area contributed by atoms with Crippen LogP contribution in [0, 0.1) is 5.92 Å². The number of ketones is 1. The highest BCUT2D eigenvalue weighted by Gasteiger charge is 2.33. The molecule has 1 aromatic carbocycles. The Hall–Kier alpha value is -1.75. The first-order valence-electron chi connectivity index (χ1n) is 6.15. The molecule has 0 spiro atoms. The van der Waals surface area contributed by atoms with Crippen LogP contribution in [0.25, 0.3) is 10.9 Å². The Morgan fingerprint density at radius 1 is 1.26 bits per heavy atom. The van der Waals surface area contributed by atoms with Gasteiger partial charge in [0.15, 0.2) is 15.6 Å². The van der Waals surface area contributed by atoms with Crippen molar-refractivity contribution in [3.8, 4) is 0 Å². The summed E-state index contributed by atoms with van der Waals surface area (Å²) in [4.78, 5) is 16.5. The van der Waals surface area contributed by atoms with E-state index >= 15 is 0 Å². The molecular formula is C14H13NO3S. The van der Waals surface area contributed by atoms with Crippen LogP contribution >= 0.6 is 0 Å². The van der Waals surface area contributed by atoms with Crippen molar-refractivity contribution in [2.45, 2.75) is 6.42 Å². The van der Waals surface area contributed by atoms with Crippen LogP contribution in [0.15, 0.2) is 36.5 Å². The number of benzene rings is 1. The number of pyridine rings is 1. The molecular weight excluding hydrogens is 262 g/mol. The van der Waals surface area contributed by atoms with Gasteiger partial charge in [-0.2, -0.15) is 0 Å². The Kier molecular flexibility index (Phi) is 2.86. The molecule has 1 aromatic heterocycles. The average Bonchev–Trinajstić information content (AvgIpc) is 2.78. The summed E-state index contributed by atoms with van der Waals surface area (Å²) < 4.78 is 22.8. The third-order valence-corrected chi connectivity index (χ3v) is 5.25. The molecule has 2 aromatic rings. The molecule has 4 nitrogen and oxygen atoms in total. The maximum atomic E-state index is 12.3. The lowest BCUT2D eigenvalue weighted by molar-refractivity contribution is 0.0933. The van der Waals surface area contributed by atoms with Gasteiger partial charge in [0.1, 0.15) is 0 Å². The van der Waals surface area contributed by atoms with Crippen molar-refractivity contribution in [1.29, 1.82) is 0 Å². The fourth-order valence-corrected chi connectivity index (χ4v) is 4.18. The van der Waals surface area contributed by atoms with E-state index < -0.39 is 15.8 Å². The smallest absolute Gasteiger partial charge is 0.168 e. The Morgan fingerprint density at radius 2 is 2.05 bits per heavy atom. The maximum absolute atomic E-state index is 12.3. The number of aromatic nitrogens is 1. The van der Waals surface area contributed by atoms with Crippen LogP contribution in [0.1, 0.15) is 16.8 Å². The van der Waals surface area contributed by atoms with Crippen molar-refractivity contribution in [2.24, 2.45) is 5.92 Å². The highest BCUT2D eigenvalue weighted by molar-refractivity contribution is 7.91. The number of carbonyl (C=O) groups is 1. The number of nitrogens with zero attached hydrogens (tertiary/aromatic N) is 1. The summed E-state index contributed by atoms with van der Waals surface area (Å²) in [6.45, 7) is 0. The molecule has 1 atom stereocenters. The monoisotopic (exact) mass is 275 g/mol. The van der Waals surface area contributed by atoms with Crippen LogP contribution < -0.4 is 0 Å². The van der Waals surface area contributed by atoms with Crippen molar-refractivity contribution in [3.05, 3.63) is 42.1 Å². The predicted molar refractivity (Wildman–Crippen MR) is 72.8 cm³/mol. The van der Waals surface area contributed by atoms with Gasteiger partial charge in [0.25, 0.3) is 0 Å². The zero-order chi connectivity index (χ0) is 13.5. The maximum Gasteiger partial charge on any atom is 0.168 e. The molecule has 0 bridgehead atoms. The first kappa shape index (κ1) is 12.3. The number of fused-ring (bicyclic) bond motifs is 1. The van der Waals surface area contributed by atoms with E-state index in [1.807, 2.05) is 24.3 Å². The van der Waals surface area contributed by atoms with Gasteiger partial charge >= 0.3 is 0 Å². The van der Waals surface area contributed by atoms with E-state index in [1.165, 1.54) is 6.20 Å². The molecule has 3 rings (SSSR count). The summed E-state index contributed by atoms with van der Waals surface area (Å²) >= 11 is 0. The molecule has 98 valence electrons. The largest absolute Gasteiger partial charge is 0.294 e. The molecule has 1 unspecified atom stereocenters. The van der Waals surface area contributed by atoms with E-state index in [0.29, 0.717) is 12.0 Å². The quantitative estimate of drug-likeness (QED) is 0.785.